The van der Waals surface area contributed by atoms with Crippen molar-refractivity contribution in [3.8, 4) is 0 Å². The van der Waals surface area contributed by atoms with Gasteiger partial charge in [0, 0.05) is 19.8 Å². The summed E-state index contributed by atoms with van der Waals surface area (Å²) in [7, 11) is 0. The van der Waals surface area contributed by atoms with E-state index >= 15 is 0 Å². The molecule has 24 nitrogen and oxygen atoms in total. The van der Waals surface area contributed by atoms with E-state index in [4.69, 9.17) is 5.73 Å². The third-order valence-corrected chi connectivity index (χ3v) is 10.1. The highest BCUT2D eigenvalue weighted by Gasteiger charge is 2.37. The van der Waals surface area contributed by atoms with Gasteiger partial charge in [-0.05, 0) is 36.5 Å². The molecule has 0 aliphatic heterocycles. The Morgan fingerprint density at radius 2 is 0.766 bits per heavy atom. The second kappa shape index (κ2) is 28.8. The third kappa shape index (κ3) is 20.2. The minimum absolute atomic E-state index is 0.284. The second-order valence-electron chi connectivity index (χ2n) is 16.4. The molecule has 14 N–H and O–H groups in total. The highest BCUT2D eigenvalue weighted by Crippen LogP contribution is 2.13. The number of nitrogens with two attached hydrogens (primary N) is 1. The summed E-state index contributed by atoms with van der Waals surface area (Å²) in [4.78, 5) is 141. The molecule has 24 heteroatoms. The molecule has 0 spiro atoms. The number of carbonyl (C=O) groups excluding carboxylic acids is 9. The summed E-state index contributed by atoms with van der Waals surface area (Å²) in [6, 6.07) is -11.5. The fraction of sp³-hybridized carbons (Fsp3) is 0.725. The Hall–Kier alpha value is -5.75. The van der Waals surface area contributed by atoms with E-state index < -0.39 is 182 Å². The van der Waals surface area contributed by atoms with Crippen LogP contribution in [0.1, 0.15) is 94.4 Å². The summed E-state index contributed by atoms with van der Waals surface area (Å²) in [5.41, 5.74) is 5.48. The van der Waals surface area contributed by atoms with E-state index in [9.17, 15) is 73.2 Å². The molecule has 0 aromatic carbocycles. The molecule has 0 radical (unpaired) electrons. The lowest BCUT2D eigenvalue weighted by Crippen LogP contribution is -2.62. The molecule has 64 heavy (non-hydrogen) atoms. The standard InChI is InChI=1S/C40H69N9O15/c1-10-21(8)33(40(64)44-23(11-13-28(54)55)34(58)46-30(18(2)3)27(53)15-41)49-37(61)26(17-51)45-39(63)32(20(6)7)47-35(59)24(12-14-29(56)57)43-38(62)31(19(4)5)48-36(60)25(16-50)42-22(9)52/h18-21,23-26,30-33,50-51H,10-17,41H2,1-9H3,(H,42,52)(H,43,62)(H,44,64)(H,45,63)(H,46,58)(H,47,59)(H,48,60)(H,49,61)(H,54,55)(H,56,57)/t21-,23-,24-,25-,26-,30-,31-,32-,33-/m0/s1. The lowest BCUT2D eigenvalue weighted by molar-refractivity contribution is -0.139. The first-order chi connectivity index (χ1) is 29.8. The van der Waals surface area contributed by atoms with Gasteiger partial charge in [0.25, 0.3) is 0 Å². The Morgan fingerprint density at radius 1 is 0.453 bits per heavy atom. The van der Waals surface area contributed by atoms with Gasteiger partial charge in [0.2, 0.25) is 47.3 Å². The number of carbonyl (C=O) groups is 11. The van der Waals surface area contributed by atoms with Crippen LogP contribution in [0.3, 0.4) is 0 Å². The minimum Gasteiger partial charge on any atom is -0.481 e. The van der Waals surface area contributed by atoms with E-state index in [1.807, 2.05) is 0 Å². The Balaban J connectivity index is 6.36. The summed E-state index contributed by atoms with van der Waals surface area (Å²) in [5, 5.41) is 57.6. The maximum Gasteiger partial charge on any atom is 0.303 e. The van der Waals surface area contributed by atoms with Gasteiger partial charge in [-0.15, -0.1) is 0 Å². The molecule has 0 unspecified atom stereocenters. The number of nitrogens with one attached hydrogen (secondary N) is 8. The molecular formula is C40H69N9O15. The van der Waals surface area contributed by atoms with E-state index in [1.165, 1.54) is 13.8 Å². The quantitative estimate of drug-likeness (QED) is 0.0328. The van der Waals surface area contributed by atoms with Crippen molar-refractivity contribution in [3.63, 3.8) is 0 Å². The number of aliphatic hydroxyl groups excluding tert-OH is 2. The third-order valence-electron chi connectivity index (χ3n) is 10.1. The van der Waals surface area contributed by atoms with E-state index in [0.717, 1.165) is 6.92 Å². The predicted octanol–water partition coefficient (Wildman–Crippen LogP) is -3.86. The summed E-state index contributed by atoms with van der Waals surface area (Å²) in [5.74, 6) is -12.9. The highest BCUT2D eigenvalue weighted by atomic mass is 16.4. The van der Waals surface area contributed by atoms with Crippen LogP contribution in [0.5, 0.6) is 0 Å². The van der Waals surface area contributed by atoms with Crippen LogP contribution in [0.4, 0.5) is 0 Å². The molecule has 0 aromatic heterocycles. The second-order valence-corrected chi connectivity index (χ2v) is 16.4. The topological polar surface area (TPSA) is 391 Å². The van der Waals surface area contributed by atoms with Gasteiger partial charge in [-0.3, -0.25) is 52.7 Å². The smallest absolute Gasteiger partial charge is 0.303 e. The average Bonchev–Trinajstić information content (AvgIpc) is 3.21. The van der Waals surface area contributed by atoms with Gasteiger partial charge >= 0.3 is 11.9 Å². The van der Waals surface area contributed by atoms with Crippen molar-refractivity contribution >= 4 is 65.0 Å². The first kappa shape index (κ1) is 58.2. The molecule has 0 saturated heterocycles. The lowest BCUT2D eigenvalue weighted by Gasteiger charge is -2.30. The molecule has 0 bridgehead atoms. The molecule has 0 fully saturated rings. The van der Waals surface area contributed by atoms with Crippen LogP contribution in [0, 0.1) is 23.7 Å². The Labute approximate surface area is 372 Å². The van der Waals surface area contributed by atoms with Crippen LogP contribution in [-0.2, 0) is 52.7 Å². The number of amides is 8. The van der Waals surface area contributed by atoms with Crippen LogP contribution in [-0.4, -0.2) is 153 Å². The van der Waals surface area contributed by atoms with Gasteiger partial charge in [-0.2, -0.15) is 0 Å². The van der Waals surface area contributed by atoms with Gasteiger partial charge in [-0.1, -0.05) is 61.8 Å². The summed E-state index contributed by atoms with van der Waals surface area (Å²) >= 11 is 0. The summed E-state index contributed by atoms with van der Waals surface area (Å²) in [6.07, 6.45) is -1.77. The molecule has 0 aliphatic carbocycles. The highest BCUT2D eigenvalue weighted by molar-refractivity contribution is 5.98. The van der Waals surface area contributed by atoms with Gasteiger partial charge in [-0.25, -0.2) is 0 Å². The molecule has 0 heterocycles. The summed E-state index contributed by atoms with van der Waals surface area (Å²) < 4.78 is 0. The van der Waals surface area contributed by atoms with Gasteiger partial charge in [0.05, 0.1) is 25.8 Å². The maximum absolute atomic E-state index is 13.7. The molecule has 0 aromatic rings. The first-order valence-corrected chi connectivity index (χ1v) is 21.0. The zero-order chi connectivity index (χ0) is 49.6. The van der Waals surface area contributed by atoms with E-state index in [0.29, 0.717) is 0 Å². The fourth-order valence-electron chi connectivity index (χ4n) is 6.02. The van der Waals surface area contributed by atoms with E-state index in [2.05, 4.69) is 42.5 Å². The van der Waals surface area contributed by atoms with Crippen molar-refractivity contribution in [1.82, 2.24) is 42.5 Å². The van der Waals surface area contributed by atoms with Crippen molar-refractivity contribution in [2.24, 2.45) is 29.4 Å². The molecule has 9 atom stereocenters. The Kier molecular flexibility index (Phi) is 26.3. The normalized spacial score (nSPS) is 15.4. The maximum atomic E-state index is 13.7. The first-order valence-electron chi connectivity index (χ1n) is 21.0. The van der Waals surface area contributed by atoms with Crippen molar-refractivity contribution < 1.29 is 73.2 Å². The van der Waals surface area contributed by atoms with Crippen LogP contribution >= 0.6 is 0 Å². The predicted molar refractivity (Wildman–Crippen MR) is 227 cm³/mol. The number of hydrogen-bond donors (Lipinski definition) is 13. The molecule has 8 amide bonds. The Morgan fingerprint density at radius 3 is 1.08 bits per heavy atom. The largest absolute Gasteiger partial charge is 0.481 e. The van der Waals surface area contributed by atoms with Crippen LogP contribution in [0.15, 0.2) is 0 Å². The van der Waals surface area contributed by atoms with Crippen molar-refractivity contribution in [2.75, 3.05) is 19.8 Å². The Bertz CT molecular complexity index is 1660. The zero-order valence-electron chi connectivity index (χ0n) is 37.9. The number of ketones is 1. The zero-order valence-corrected chi connectivity index (χ0v) is 37.9. The monoisotopic (exact) mass is 915 g/mol. The van der Waals surface area contributed by atoms with Crippen molar-refractivity contribution in [1.29, 1.82) is 0 Å². The van der Waals surface area contributed by atoms with Crippen molar-refractivity contribution in [2.45, 2.75) is 143 Å². The van der Waals surface area contributed by atoms with Crippen LogP contribution in [0.2, 0.25) is 0 Å². The molecule has 0 saturated carbocycles. The SMILES string of the molecule is CC[C@H](C)[C@H](NC(=O)[C@H](CO)NC(=O)[C@@H](NC(=O)[C@H](CCC(=O)O)NC(=O)[C@@H](NC(=O)[C@H](CO)NC(C)=O)C(C)C)C(C)C)C(=O)N[C@@H](CCC(=O)O)C(=O)N[C@H](C(=O)CN)C(C)C. The van der Waals surface area contributed by atoms with Gasteiger partial charge in [0.15, 0.2) is 5.78 Å². The lowest BCUT2D eigenvalue weighted by atomic mass is 9.96. The number of Topliss-reactive ketones (excluding diaryl/α,β-unsaturated/α-hetero) is 1. The van der Waals surface area contributed by atoms with Crippen molar-refractivity contribution in [3.05, 3.63) is 0 Å². The summed E-state index contributed by atoms with van der Waals surface area (Å²) in [6.45, 7) is 11.6. The number of carboxylic acid groups (broad SMARTS) is 2. The molecular weight excluding hydrogens is 846 g/mol. The van der Waals surface area contributed by atoms with Gasteiger partial charge < -0.3 is 68.7 Å². The van der Waals surface area contributed by atoms with E-state index in [1.54, 1.807) is 41.5 Å². The number of rotatable bonds is 30. The molecule has 0 rings (SSSR count). The number of carboxylic acids is 2. The average molecular weight is 916 g/mol. The van der Waals surface area contributed by atoms with Crippen LogP contribution in [0.25, 0.3) is 0 Å². The molecule has 364 valence electrons. The van der Waals surface area contributed by atoms with Gasteiger partial charge in [0.1, 0.15) is 42.3 Å². The fourth-order valence-corrected chi connectivity index (χ4v) is 6.02. The van der Waals surface area contributed by atoms with Crippen LogP contribution < -0.4 is 48.3 Å². The molecule has 0 aliphatic rings. The van der Waals surface area contributed by atoms with E-state index in [-0.39, 0.29) is 6.42 Å². The number of aliphatic hydroxyl groups is 2. The number of aliphatic carboxylic acids is 2. The number of hydrogen-bond acceptors (Lipinski definition) is 14. The minimum atomic E-state index is -1.73.